The lowest BCUT2D eigenvalue weighted by Crippen LogP contribution is -2.42. The Kier molecular flexibility index (Phi) is 10.3. The summed E-state index contributed by atoms with van der Waals surface area (Å²) in [6, 6.07) is 2.01. The molecule has 3 saturated heterocycles. The van der Waals surface area contributed by atoms with Crippen LogP contribution in [-0.4, -0.2) is 77.6 Å². The summed E-state index contributed by atoms with van der Waals surface area (Å²) in [5.41, 5.74) is 1.40. The summed E-state index contributed by atoms with van der Waals surface area (Å²) in [5.74, 6) is 0.469. The largest absolute Gasteiger partial charge is 0.495 e. The standard InChI is InChI=1S/C33H51BClN3O6/c1-31(2,3)42-30(39)37-16-10-12-23(22-37)13-11-17-40-19-15-24-26(35)20-27-25(21-36-38(27)28-14-8-9-18-41-28)29(24)34-43-32(4,5)33(6,7)44-34/h20-21,23,28H,8-19,22H2,1-7H3. The van der Waals surface area contributed by atoms with Crippen LogP contribution in [0.15, 0.2) is 12.3 Å². The lowest BCUT2D eigenvalue weighted by Gasteiger charge is -2.34. The van der Waals surface area contributed by atoms with Gasteiger partial charge in [0.15, 0.2) is 6.23 Å². The van der Waals surface area contributed by atoms with Crippen molar-refractivity contribution in [2.75, 3.05) is 32.9 Å². The highest BCUT2D eigenvalue weighted by Crippen LogP contribution is 2.38. The monoisotopic (exact) mass is 631 g/mol. The normalized spacial score (nSPS) is 23.8. The molecule has 0 radical (unpaired) electrons. The number of ether oxygens (including phenoxy) is 3. The number of fused-ring (bicyclic) bond motifs is 1. The molecule has 3 fully saturated rings. The first-order valence-electron chi connectivity index (χ1n) is 16.5. The van der Waals surface area contributed by atoms with E-state index in [9.17, 15) is 4.79 Å². The molecule has 44 heavy (non-hydrogen) atoms. The fourth-order valence-electron chi connectivity index (χ4n) is 6.40. The lowest BCUT2D eigenvalue weighted by atomic mass is 9.73. The topological polar surface area (TPSA) is 84.3 Å². The molecule has 3 aliphatic rings. The van der Waals surface area contributed by atoms with Gasteiger partial charge in [-0.15, -0.1) is 0 Å². The molecule has 2 atom stereocenters. The molecule has 11 heteroatoms. The Labute approximate surface area is 268 Å². The smallest absolute Gasteiger partial charge is 0.444 e. The van der Waals surface area contributed by atoms with E-state index in [4.69, 9.17) is 40.2 Å². The fourth-order valence-corrected chi connectivity index (χ4v) is 6.69. The summed E-state index contributed by atoms with van der Waals surface area (Å²) in [5, 5.41) is 6.40. The molecule has 1 aromatic heterocycles. The number of nitrogens with zero attached hydrogens (tertiary/aromatic N) is 3. The molecule has 0 aliphatic carbocycles. The van der Waals surface area contributed by atoms with E-state index in [0.29, 0.717) is 30.6 Å². The average molecular weight is 632 g/mol. The highest BCUT2D eigenvalue weighted by molar-refractivity contribution is 6.66. The Morgan fingerprint density at radius 3 is 2.55 bits per heavy atom. The maximum Gasteiger partial charge on any atom is 0.495 e. The summed E-state index contributed by atoms with van der Waals surface area (Å²) in [6.45, 7) is 17.4. The molecule has 0 saturated carbocycles. The van der Waals surface area contributed by atoms with Crippen molar-refractivity contribution < 1.29 is 28.3 Å². The zero-order valence-electron chi connectivity index (χ0n) is 27.7. The van der Waals surface area contributed by atoms with E-state index in [1.54, 1.807) is 0 Å². The van der Waals surface area contributed by atoms with Crippen LogP contribution in [0.2, 0.25) is 5.02 Å². The molecule has 244 valence electrons. The van der Waals surface area contributed by atoms with Crippen LogP contribution in [0.4, 0.5) is 4.79 Å². The minimum Gasteiger partial charge on any atom is -0.444 e. The molecule has 0 N–H and O–H groups in total. The Balaban J connectivity index is 1.23. The van der Waals surface area contributed by atoms with Crippen molar-refractivity contribution in [2.24, 2.45) is 5.92 Å². The van der Waals surface area contributed by atoms with Crippen molar-refractivity contribution in [1.29, 1.82) is 0 Å². The van der Waals surface area contributed by atoms with Gasteiger partial charge in [-0.25, -0.2) is 9.48 Å². The number of likely N-dealkylation sites (tertiary alicyclic amines) is 1. The van der Waals surface area contributed by atoms with Gasteiger partial charge in [-0.3, -0.25) is 0 Å². The number of benzene rings is 1. The Bertz CT molecular complexity index is 1290. The third-order valence-corrected chi connectivity index (χ3v) is 9.82. The van der Waals surface area contributed by atoms with Crippen molar-refractivity contribution in [2.45, 2.75) is 123 Å². The second-order valence-electron chi connectivity index (χ2n) is 14.6. The molecule has 5 rings (SSSR count). The molecule has 1 amide bonds. The number of halogens is 1. The molecule has 0 bridgehead atoms. The summed E-state index contributed by atoms with van der Waals surface area (Å²) in [4.78, 5) is 14.4. The molecule has 0 spiro atoms. The highest BCUT2D eigenvalue weighted by Gasteiger charge is 2.53. The SMILES string of the molecule is CC(C)(C)OC(=O)N1CCCC(CCCOCCc2c(Cl)cc3c(cnn3C3CCCCO3)c2B2OC(C)(C)C(C)(C)O2)C1. The van der Waals surface area contributed by atoms with Gasteiger partial charge in [0.1, 0.15) is 5.60 Å². The molecule has 3 aliphatic heterocycles. The second kappa shape index (κ2) is 13.5. The number of carbonyl (C=O) groups is 1. The number of hydrogen-bond donors (Lipinski definition) is 0. The van der Waals surface area contributed by atoms with E-state index in [1.165, 1.54) is 0 Å². The van der Waals surface area contributed by atoms with E-state index >= 15 is 0 Å². The molecule has 2 aromatic rings. The molecular formula is C33H51BClN3O6. The second-order valence-corrected chi connectivity index (χ2v) is 15.0. The molecule has 9 nitrogen and oxygen atoms in total. The van der Waals surface area contributed by atoms with Crippen molar-refractivity contribution >= 4 is 41.2 Å². The van der Waals surface area contributed by atoms with Crippen LogP contribution < -0.4 is 5.46 Å². The number of aromatic nitrogens is 2. The van der Waals surface area contributed by atoms with Crippen LogP contribution in [0.5, 0.6) is 0 Å². The average Bonchev–Trinajstić information content (AvgIpc) is 3.46. The minimum absolute atomic E-state index is 0.0991. The molecule has 2 unspecified atom stereocenters. The van der Waals surface area contributed by atoms with Crippen molar-refractivity contribution in [3.8, 4) is 0 Å². The van der Waals surface area contributed by atoms with Crippen molar-refractivity contribution in [1.82, 2.24) is 14.7 Å². The third kappa shape index (κ3) is 7.57. The van der Waals surface area contributed by atoms with E-state index < -0.39 is 23.9 Å². The zero-order chi connectivity index (χ0) is 31.7. The number of piperidine rings is 1. The van der Waals surface area contributed by atoms with Gasteiger partial charge in [0.05, 0.1) is 29.5 Å². The Morgan fingerprint density at radius 2 is 1.86 bits per heavy atom. The Morgan fingerprint density at radius 1 is 1.11 bits per heavy atom. The van der Waals surface area contributed by atoms with Gasteiger partial charge in [-0.05, 0) is 123 Å². The maximum absolute atomic E-state index is 12.5. The number of rotatable bonds is 9. The van der Waals surface area contributed by atoms with Gasteiger partial charge in [-0.2, -0.15) is 5.10 Å². The van der Waals surface area contributed by atoms with Crippen LogP contribution in [-0.2, 0) is 29.9 Å². The first kappa shape index (κ1) is 33.5. The van der Waals surface area contributed by atoms with E-state index in [-0.39, 0.29) is 12.3 Å². The first-order chi connectivity index (χ1) is 20.8. The number of carbonyl (C=O) groups excluding carboxylic acids is 1. The van der Waals surface area contributed by atoms with E-state index in [2.05, 4.69) is 27.7 Å². The number of amides is 1. The Hall–Kier alpha value is -1.85. The predicted octanol–water partition coefficient (Wildman–Crippen LogP) is 6.67. The van der Waals surface area contributed by atoms with Crippen LogP contribution in [0.1, 0.15) is 105 Å². The van der Waals surface area contributed by atoms with Gasteiger partial charge in [0.25, 0.3) is 0 Å². The molecule has 4 heterocycles. The minimum atomic E-state index is -0.569. The highest BCUT2D eigenvalue weighted by atomic mass is 35.5. The first-order valence-corrected chi connectivity index (χ1v) is 16.8. The fraction of sp³-hybridized carbons (Fsp3) is 0.758. The van der Waals surface area contributed by atoms with Crippen LogP contribution in [0.3, 0.4) is 0 Å². The number of hydrogen-bond acceptors (Lipinski definition) is 7. The predicted molar refractivity (Wildman–Crippen MR) is 174 cm³/mol. The lowest BCUT2D eigenvalue weighted by molar-refractivity contribution is -0.0366. The summed E-state index contributed by atoms with van der Waals surface area (Å²) in [6.07, 6.45) is 9.45. The van der Waals surface area contributed by atoms with Gasteiger partial charge in [0, 0.05) is 36.7 Å². The molecule has 1 aromatic carbocycles. The van der Waals surface area contributed by atoms with Gasteiger partial charge >= 0.3 is 13.2 Å². The summed E-state index contributed by atoms with van der Waals surface area (Å²) >= 11 is 7.03. The van der Waals surface area contributed by atoms with Gasteiger partial charge in [-0.1, -0.05) is 11.6 Å². The van der Waals surface area contributed by atoms with Crippen LogP contribution in [0, 0.1) is 5.92 Å². The van der Waals surface area contributed by atoms with Crippen molar-refractivity contribution in [3.63, 3.8) is 0 Å². The zero-order valence-corrected chi connectivity index (χ0v) is 28.5. The van der Waals surface area contributed by atoms with Crippen LogP contribution in [0.25, 0.3) is 10.9 Å². The summed E-state index contributed by atoms with van der Waals surface area (Å²) in [7, 11) is -0.569. The quantitative estimate of drug-likeness (QED) is 0.226. The van der Waals surface area contributed by atoms with E-state index in [1.807, 2.05) is 42.6 Å². The van der Waals surface area contributed by atoms with Crippen LogP contribution >= 0.6 is 11.6 Å². The van der Waals surface area contributed by atoms with Gasteiger partial charge in [0.2, 0.25) is 0 Å². The van der Waals surface area contributed by atoms with Crippen molar-refractivity contribution in [3.05, 3.63) is 22.8 Å². The third-order valence-electron chi connectivity index (χ3n) is 9.49. The van der Waals surface area contributed by atoms with Gasteiger partial charge < -0.3 is 28.4 Å². The summed E-state index contributed by atoms with van der Waals surface area (Å²) < 4.78 is 32.9. The van der Waals surface area contributed by atoms with E-state index in [0.717, 1.165) is 86.6 Å². The maximum atomic E-state index is 12.5. The molecular weight excluding hydrogens is 581 g/mol.